The second kappa shape index (κ2) is 7.96. The Morgan fingerprint density at radius 2 is 1.83 bits per heavy atom. The summed E-state index contributed by atoms with van der Waals surface area (Å²) in [6.45, 7) is 0.432. The number of para-hydroxylation sites is 2. The zero-order chi connectivity index (χ0) is 20.3. The number of urea groups is 1. The molecule has 3 aromatic rings. The van der Waals surface area contributed by atoms with Crippen LogP contribution in [0.2, 0.25) is 0 Å². The van der Waals surface area contributed by atoms with E-state index in [1.165, 1.54) is 4.31 Å². The van der Waals surface area contributed by atoms with Crippen molar-refractivity contribution in [3.63, 3.8) is 0 Å². The first kappa shape index (κ1) is 19.0. The van der Waals surface area contributed by atoms with Crippen LogP contribution >= 0.6 is 0 Å². The minimum atomic E-state index is -3.51. The van der Waals surface area contributed by atoms with Crippen molar-refractivity contribution in [1.29, 1.82) is 0 Å². The monoisotopic (exact) mass is 411 g/mol. The molecule has 150 valence electrons. The van der Waals surface area contributed by atoms with Gasteiger partial charge in [-0.25, -0.2) is 18.2 Å². The van der Waals surface area contributed by atoms with Gasteiger partial charge in [-0.15, -0.1) is 0 Å². The summed E-state index contributed by atoms with van der Waals surface area (Å²) in [5, 5.41) is 5.25. The molecule has 0 saturated heterocycles. The van der Waals surface area contributed by atoms with Crippen molar-refractivity contribution in [1.82, 2.24) is 14.9 Å². The van der Waals surface area contributed by atoms with Gasteiger partial charge < -0.3 is 5.32 Å². The highest BCUT2D eigenvalue weighted by atomic mass is 32.2. The molecule has 0 bridgehead atoms. The minimum absolute atomic E-state index is 0.00111. The van der Waals surface area contributed by atoms with Crippen LogP contribution in [0.15, 0.2) is 67.0 Å². The topological polar surface area (TPSA) is 96.3 Å². The molecule has 4 rings (SSSR count). The Labute approximate surface area is 169 Å². The molecule has 0 aliphatic carbocycles. The fraction of sp³-hybridized carbons (Fsp3) is 0.200. The number of fused-ring (bicyclic) bond motifs is 1. The second-order valence-corrected chi connectivity index (χ2v) is 8.62. The van der Waals surface area contributed by atoms with Crippen LogP contribution in [0.25, 0.3) is 5.69 Å². The Kier molecular flexibility index (Phi) is 5.22. The fourth-order valence-electron chi connectivity index (χ4n) is 3.34. The summed E-state index contributed by atoms with van der Waals surface area (Å²) in [6.07, 6.45) is 4.02. The predicted molar refractivity (Wildman–Crippen MR) is 112 cm³/mol. The molecule has 29 heavy (non-hydrogen) atoms. The number of carbonyl (C=O) groups is 1. The first-order valence-electron chi connectivity index (χ1n) is 9.26. The molecule has 1 aliphatic rings. The standard InChI is InChI=1S/C20H21N5O3S/c26-20(23-19-21-11-14-24(19)17-7-2-1-3-8-17)22-12-15-29(27,28)25-13-10-16-6-4-5-9-18(16)25/h1-9,11,14H,10,12-13,15H2,(H2,21,22,23,26). The van der Waals surface area contributed by atoms with Gasteiger partial charge in [-0.05, 0) is 30.2 Å². The summed E-state index contributed by atoms with van der Waals surface area (Å²) in [6, 6.07) is 16.4. The normalized spacial score (nSPS) is 13.2. The summed E-state index contributed by atoms with van der Waals surface area (Å²) in [5.41, 5.74) is 2.60. The number of aromatic nitrogens is 2. The smallest absolute Gasteiger partial charge is 0.321 e. The second-order valence-electron chi connectivity index (χ2n) is 6.60. The highest BCUT2D eigenvalue weighted by molar-refractivity contribution is 7.92. The average Bonchev–Trinajstić information content (AvgIpc) is 3.35. The highest BCUT2D eigenvalue weighted by Gasteiger charge is 2.28. The first-order chi connectivity index (χ1) is 14.0. The number of imidazole rings is 1. The maximum absolute atomic E-state index is 12.7. The largest absolute Gasteiger partial charge is 0.337 e. The maximum atomic E-state index is 12.7. The summed E-state index contributed by atoms with van der Waals surface area (Å²) < 4.78 is 28.5. The van der Waals surface area contributed by atoms with Crippen LogP contribution in [0.5, 0.6) is 0 Å². The molecule has 0 atom stereocenters. The van der Waals surface area contributed by atoms with Crippen molar-refractivity contribution in [2.75, 3.05) is 28.5 Å². The van der Waals surface area contributed by atoms with Crippen molar-refractivity contribution < 1.29 is 13.2 Å². The molecule has 8 nitrogen and oxygen atoms in total. The van der Waals surface area contributed by atoms with Crippen molar-refractivity contribution in [2.45, 2.75) is 6.42 Å². The number of anilines is 2. The van der Waals surface area contributed by atoms with Gasteiger partial charge in [0, 0.05) is 31.2 Å². The predicted octanol–water partition coefficient (Wildman–Crippen LogP) is 2.39. The number of carbonyl (C=O) groups excluding carboxylic acids is 1. The Morgan fingerprint density at radius 1 is 1.07 bits per heavy atom. The molecular formula is C20H21N5O3S. The van der Waals surface area contributed by atoms with Crippen LogP contribution in [0, 0.1) is 0 Å². The van der Waals surface area contributed by atoms with E-state index in [0.29, 0.717) is 18.9 Å². The summed E-state index contributed by atoms with van der Waals surface area (Å²) in [5.74, 6) is 0.173. The molecule has 0 fully saturated rings. The minimum Gasteiger partial charge on any atom is -0.337 e. The van der Waals surface area contributed by atoms with Crippen molar-refractivity contribution >= 4 is 27.7 Å². The number of hydrogen-bond donors (Lipinski definition) is 2. The van der Waals surface area contributed by atoms with E-state index in [4.69, 9.17) is 0 Å². The number of nitrogens with zero attached hydrogens (tertiary/aromatic N) is 3. The third kappa shape index (κ3) is 4.09. The number of benzene rings is 2. The zero-order valence-electron chi connectivity index (χ0n) is 15.7. The molecule has 2 N–H and O–H groups in total. The Morgan fingerprint density at radius 3 is 2.66 bits per heavy atom. The van der Waals surface area contributed by atoms with Gasteiger partial charge >= 0.3 is 6.03 Å². The molecule has 9 heteroatoms. The average molecular weight is 411 g/mol. The number of amides is 2. The van der Waals surface area contributed by atoms with E-state index in [1.807, 2.05) is 54.6 Å². The van der Waals surface area contributed by atoms with Gasteiger partial charge in [0.25, 0.3) is 0 Å². The summed E-state index contributed by atoms with van der Waals surface area (Å²) in [7, 11) is -3.51. The number of sulfonamides is 1. The van der Waals surface area contributed by atoms with E-state index < -0.39 is 16.1 Å². The van der Waals surface area contributed by atoms with Crippen LogP contribution in [0.1, 0.15) is 5.56 Å². The van der Waals surface area contributed by atoms with Gasteiger partial charge in [0.05, 0.1) is 11.4 Å². The molecule has 0 unspecified atom stereocenters. The van der Waals surface area contributed by atoms with Gasteiger partial charge in [-0.3, -0.25) is 14.2 Å². The third-order valence-electron chi connectivity index (χ3n) is 4.73. The summed E-state index contributed by atoms with van der Waals surface area (Å²) >= 11 is 0. The Balaban J connectivity index is 1.34. The van der Waals surface area contributed by atoms with E-state index in [9.17, 15) is 13.2 Å². The van der Waals surface area contributed by atoms with Crippen LogP contribution in [-0.4, -0.2) is 42.8 Å². The van der Waals surface area contributed by atoms with E-state index in [2.05, 4.69) is 15.6 Å². The van der Waals surface area contributed by atoms with Gasteiger partial charge in [-0.1, -0.05) is 36.4 Å². The molecule has 2 amide bonds. The number of nitrogens with one attached hydrogen (secondary N) is 2. The fourth-order valence-corrected chi connectivity index (χ4v) is 4.77. The lowest BCUT2D eigenvalue weighted by Crippen LogP contribution is -2.38. The van der Waals surface area contributed by atoms with E-state index >= 15 is 0 Å². The van der Waals surface area contributed by atoms with E-state index in [0.717, 1.165) is 16.9 Å². The van der Waals surface area contributed by atoms with Crippen molar-refractivity contribution in [3.05, 3.63) is 72.6 Å². The van der Waals surface area contributed by atoms with Crippen molar-refractivity contribution in [2.24, 2.45) is 0 Å². The van der Waals surface area contributed by atoms with Crippen LogP contribution in [-0.2, 0) is 16.4 Å². The van der Waals surface area contributed by atoms with Crippen molar-refractivity contribution in [3.8, 4) is 5.69 Å². The quantitative estimate of drug-likeness (QED) is 0.651. The van der Waals surface area contributed by atoms with Crippen LogP contribution < -0.4 is 14.9 Å². The lowest BCUT2D eigenvalue weighted by molar-refractivity contribution is 0.252. The zero-order valence-corrected chi connectivity index (χ0v) is 16.5. The van der Waals surface area contributed by atoms with Crippen LogP contribution in [0.3, 0.4) is 0 Å². The van der Waals surface area contributed by atoms with Gasteiger partial charge in [-0.2, -0.15) is 0 Å². The number of rotatable bonds is 6. The highest BCUT2D eigenvalue weighted by Crippen LogP contribution is 2.29. The lowest BCUT2D eigenvalue weighted by atomic mass is 10.2. The Bertz CT molecular complexity index is 1110. The molecule has 0 saturated carbocycles. The molecule has 2 aromatic carbocycles. The van der Waals surface area contributed by atoms with Crippen LogP contribution in [0.4, 0.5) is 16.4 Å². The van der Waals surface area contributed by atoms with Gasteiger partial charge in [0.1, 0.15) is 0 Å². The van der Waals surface area contributed by atoms with Gasteiger partial charge in [0.15, 0.2) is 0 Å². The molecule has 1 aromatic heterocycles. The lowest BCUT2D eigenvalue weighted by Gasteiger charge is -2.19. The Hall–Kier alpha value is -3.33. The van der Waals surface area contributed by atoms with E-state index in [1.54, 1.807) is 17.0 Å². The third-order valence-corrected chi connectivity index (χ3v) is 6.50. The molecular weight excluding hydrogens is 390 g/mol. The molecule has 1 aliphatic heterocycles. The molecule has 0 spiro atoms. The maximum Gasteiger partial charge on any atom is 0.321 e. The number of hydrogen-bond acceptors (Lipinski definition) is 4. The summed E-state index contributed by atoms with van der Waals surface area (Å²) in [4.78, 5) is 16.4. The molecule has 0 radical (unpaired) electrons. The SMILES string of the molecule is O=C(NCCS(=O)(=O)N1CCc2ccccc21)Nc1nccn1-c1ccccc1. The van der Waals surface area contributed by atoms with E-state index in [-0.39, 0.29) is 12.3 Å². The molecule has 2 heterocycles. The first-order valence-corrected chi connectivity index (χ1v) is 10.9. The van der Waals surface area contributed by atoms with Gasteiger partial charge in [0.2, 0.25) is 16.0 Å².